The van der Waals surface area contributed by atoms with E-state index >= 15 is 0 Å². The van der Waals surface area contributed by atoms with E-state index < -0.39 is 0 Å². The molecule has 0 atom stereocenters. The predicted octanol–water partition coefficient (Wildman–Crippen LogP) is 2.67. The van der Waals surface area contributed by atoms with Gasteiger partial charge in [0.1, 0.15) is 5.65 Å². The molecule has 2 nitrogen and oxygen atoms in total. The second kappa shape index (κ2) is 2.59. The zero-order valence-electron chi connectivity index (χ0n) is 8.65. The van der Waals surface area contributed by atoms with Gasteiger partial charge in [0.15, 0.2) is 0 Å². The summed E-state index contributed by atoms with van der Waals surface area (Å²) < 4.78 is 0. The number of rotatable bonds is 0. The van der Waals surface area contributed by atoms with Crippen LogP contribution in [0.15, 0.2) is 6.07 Å². The number of hydrogen-bond donors (Lipinski definition) is 1. The number of pyridine rings is 1. The maximum absolute atomic E-state index is 4.54. The van der Waals surface area contributed by atoms with E-state index in [-0.39, 0.29) is 0 Å². The zero-order valence-corrected chi connectivity index (χ0v) is 8.65. The van der Waals surface area contributed by atoms with E-state index in [2.05, 4.69) is 29.9 Å². The topological polar surface area (TPSA) is 28.7 Å². The van der Waals surface area contributed by atoms with Crippen LogP contribution in [-0.4, -0.2) is 9.97 Å². The first kappa shape index (κ1) is 8.04. The van der Waals surface area contributed by atoms with Gasteiger partial charge in [-0.1, -0.05) is 0 Å². The van der Waals surface area contributed by atoms with Crippen LogP contribution in [0.5, 0.6) is 0 Å². The molecule has 72 valence electrons. The molecule has 0 aliphatic heterocycles. The molecule has 0 unspecified atom stereocenters. The van der Waals surface area contributed by atoms with E-state index in [1.54, 1.807) is 0 Å². The molecular weight excluding hydrogens is 172 g/mol. The summed E-state index contributed by atoms with van der Waals surface area (Å²) in [5.41, 5.74) is 6.50. The summed E-state index contributed by atoms with van der Waals surface area (Å²) in [4.78, 5) is 7.99. The van der Waals surface area contributed by atoms with Crippen molar-refractivity contribution in [2.45, 2.75) is 33.1 Å². The van der Waals surface area contributed by atoms with Crippen molar-refractivity contribution in [3.8, 4) is 0 Å². The van der Waals surface area contributed by atoms with Crippen LogP contribution in [0.4, 0.5) is 0 Å². The van der Waals surface area contributed by atoms with Gasteiger partial charge >= 0.3 is 0 Å². The van der Waals surface area contributed by atoms with Crippen molar-refractivity contribution in [2.75, 3.05) is 0 Å². The van der Waals surface area contributed by atoms with Crippen LogP contribution >= 0.6 is 0 Å². The number of nitrogens with zero attached hydrogens (tertiary/aromatic N) is 1. The number of aryl methyl sites for hydroxylation is 4. The molecule has 0 saturated heterocycles. The summed E-state index contributed by atoms with van der Waals surface area (Å²) in [7, 11) is 0. The van der Waals surface area contributed by atoms with Gasteiger partial charge in [-0.15, -0.1) is 0 Å². The predicted molar refractivity (Wildman–Crippen MR) is 57.6 cm³/mol. The van der Waals surface area contributed by atoms with Crippen LogP contribution in [0.1, 0.15) is 28.9 Å². The molecule has 0 bridgehead atoms. The summed E-state index contributed by atoms with van der Waals surface area (Å²) in [6.45, 7) is 4.24. The van der Waals surface area contributed by atoms with Crippen molar-refractivity contribution < 1.29 is 0 Å². The standard InChI is InChI=1S/C12H14N2/c1-7-6-8(2)13-12-11(7)9-4-3-5-10(9)14-12/h6H,3-5H2,1-2H3,(H,13,14). The van der Waals surface area contributed by atoms with Gasteiger partial charge in [0.25, 0.3) is 0 Å². The Hall–Kier alpha value is -1.31. The van der Waals surface area contributed by atoms with E-state index in [4.69, 9.17) is 0 Å². The lowest BCUT2D eigenvalue weighted by Crippen LogP contribution is -1.87. The first-order valence-corrected chi connectivity index (χ1v) is 5.23. The molecule has 0 spiro atoms. The molecule has 2 aromatic heterocycles. The van der Waals surface area contributed by atoms with Crippen LogP contribution in [-0.2, 0) is 12.8 Å². The van der Waals surface area contributed by atoms with E-state index in [0.29, 0.717) is 0 Å². The number of H-pyrrole nitrogens is 1. The highest BCUT2D eigenvalue weighted by atomic mass is 14.9. The van der Waals surface area contributed by atoms with Gasteiger partial charge in [-0.25, -0.2) is 4.98 Å². The van der Waals surface area contributed by atoms with Gasteiger partial charge in [-0.3, -0.25) is 0 Å². The fraction of sp³-hybridized carbons (Fsp3) is 0.417. The first-order chi connectivity index (χ1) is 6.75. The minimum absolute atomic E-state index is 1.09. The van der Waals surface area contributed by atoms with Crippen LogP contribution in [0.3, 0.4) is 0 Å². The molecule has 0 fully saturated rings. The second-order valence-corrected chi connectivity index (χ2v) is 4.24. The number of fused-ring (bicyclic) bond motifs is 3. The van der Waals surface area contributed by atoms with Gasteiger partial charge in [0, 0.05) is 16.8 Å². The van der Waals surface area contributed by atoms with E-state index in [1.807, 2.05) is 0 Å². The molecule has 0 aromatic carbocycles. The van der Waals surface area contributed by atoms with E-state index in [9.17, 15) is 0 Å². The Balaban J connectivity index is 2.43. The fourth-order valence-corrected chi connectivity index (χ4v) is 2.61. The Kier molecular flexibility index (Phi) is 1.49. The summed E-state index contributed by atoms with van der Waals surface area (Å²) in [6, 6.07) is 2.18. The molecule has 1 aliphatic carbocycles. The normalized spacial score (nSPS) is 15.0. The zero-order chi connectivity index (χ0) is 9.71. The molecular formula is C12H14N2. The van der Waals surface area contributed by atoms with Gasteiger partial charge in [0.2, 0.25) is 0 Å². The molecule has 2 heteroatoms. The molecule has 0 amide bonds. The first-order valence-electron chi connectivity index (χ1n) is 5.23. The number of hydrogen-bond acceptors (Lipinski definition) is 1. The molecule has 14 heavy (non-hydrogen) atoms. The minimum Gasteiger partial charge on any atom is -0.343 e. The smallest absolute Gasteiger partial charge is 0.138 e. The second-order valence-electron chi connectivity index (χ2n) is 4.24. The Labute approximate surface area is 83.4 Å². The van der Waals surface area contributed by atoms with Gasteiger partial charge in [-0.05, 0) is 50.3 Å². The molecule has 2 heterocycles. The summed E-state index contributed by atoms with van der Waals surface area (Å²) >= 11 is 0. The van der Waals surface area contributed by atoms with Gasteiger partial charge in [0.05, 0.1) is 0 Å². The molecule has 3 rings (SSSR count). The molecule has 0 radical (unpaired) electrons. The van der Waals surface area contributed by atoms with Crippen molar-refractivity contribution in [1.82, 2.24) is 9.97 Å². The minimum atomic E-state index is 1.09. The highest BCUT2D eigenvalue weighted by Crippen LogP contribution is 2.31. The Morgan fingerprint density at radius 3 is 3.00 bits per heavy atom. The molecule has 1 aliphatic rings. The van der Waals surface area contributed by atoms with Crippen molar-refractivity contribution in [1.29, 1.82) is 0 Å². The Morgan fingerprint density at radius 2 is 2.14 bits per heavy atom. The average molecular weight is 186 g/mol. The van der Waals surface area contributed by atoms with Crippen LogP contribution < -0.4 is 0 Å². The lowest BCUT2D eigenvalue weighted by Gasteiger charge is -2.00. The number of aromatic amines is 1. The number of nitrogens with one attached hydrogen (secondary N) is 1. The average Bonchev–Trinajstić information content (AvgIpc) is 2.60. The van der Waals surface area contributed by atoms with Crippen LogP contribution in [0.2, 0.25) is 0 Å². The summed E-state index contributed by atoms with van der Waals surface area (Å²) in [5.74, 6) is 0. The summed E-state index contributed by atoms with van der Waals surface area (Å²) in [6.07, 6.45) is 3.72. The number of aromatic nitrogens is 2. The quantitative estimate of drug-likeness (QED) is 0.673. The largest absolute Gasteiger partial charge is 0.343 e. The Bertz CT molecular complexity index is 509. The third-order valence-corrected chi connectivity index (χ3v) is 3.13. The maximum Gasteiger partial charge on any atom is 0.138 e. The van der Waals surface area contributed by atoms with Gasteiger partial charge < -0.3 is 4.98 Å². The van der Waals surface area contributed by atoms with E-state index in [0.717, 1.165) is 11.3 Å². The Morgan fingerprint density at radius 1 is 1.29 bits per heavy atom. The maximum atomic E-state index is 4.54. The van der Waals surface area contributed by atoms with Crippen molar-refractivity contribution in [3.05, 3.63) is 28.6 Å². The lowest BCUT2D eigenvalue weighted by atomic mass is 10.1. The lowest BCUT2D eigenvalue weighted by molar-refractivity contribution is 0.896. The van der Waals surface area contributed by atoms with Gasteiger partial charge in [-0.2, -0.15) is 0 Å². The fourth-order valence-electron chi connectivity index (χ4n) is 2.61. The highest BCUT2D eigenvalue weighted by molar-refractivity contribution is 5.85. The monoisotopic (exact) mass is 186 g/mol. The van der Waals surface area contributed by atoms with Crippen LogP contribution in [0, 0.1) is 13.8 Å². The third kappa shape index (κ3) is 0.939. The highest BCUT2D eigenvalue weighted by Gasteiger charge is 2.18. The van der Waals surface area contributed by atoms with E-state index in [1.165, 1.54) is 41.5 Å². The third-order valence-electron chi connectivity index (χ3n) is 3.13. The molecule has 1 N–H and O–H groups in total. The SMILES string of the molecule is Cc1cc(C)c2c3c([nH]c2n1)CCC3. The molecule has 0 saturated carbocycles. The van der Waals surface area contributed by atoms with Crippen molar-refractivity contribution in [2.24, 2.45) is 0 Å². The molecule has 2 aromatic rings. The van der Waals surface area contributed by atoms with Crippen LogP contribution in [0.25, 0.3) is 11.0 Å². The van der Waals surface area contributed by atoms with Crippen molar-refractivity contribution in [3.63, 3.8) is 0 Å². The summed E-state index contributed by atoms with van der Waals surface area (Å²) in [5, 5.41) is 1.38. The van der Waals surface area contributed by atoms with Crippen molar-refractivity contribution >= 4 is 11.0 Å².